The molecule has 0 N–H and O–H groups in total. The summed E-state index contributed by atoms with van der Waals surface area (Å²) >= 11 is 0. The third-order valence-corrected chi connectivity index (χ3v) is 9.43. The van der Waals surface area contributed by atoms with Crippen molar-refractivity contribution < 1.29 is 31.5 Å². The number of nitrogens with zero attached hydrogens (tertiary/aromatic N) is 2. The van der Waals surface area contributed by atoms with Crippen LogP contribution in [0, 0.1) is 0 Å². The van der Waals surface area contributed by atoms with Crippen LogP contribution in [0.5, 0.6) is 0 Å². The molecule has 1 aliphatic rings. The molecule has 1 aliphatic carbocycles. The number of hydrogen-bond donors (Lipinski definition) is 0. The molecule has 0 aliphatic heterocycles. The van der Waals surface area contributed by atoms with E-state index in [2.05, 4.69) is 0 Å². The molecule has 0 unspecified atom stereocenters. The number of aromatic nitrogens is 2. The lowest BCUT2D eigenvalue weighted by Gasteiger charge is -2.22. The van der Waals surface area contributed by atoms with Gasteiger partial charge in [-0.15, -0.1) is 0 Å². The Balaban J connectivity index is 1.30. The summed E-state index contributed by atoms with van der Waals surface area (Å²) < 4.78 is 209. The SMILES string of the molecule is [2H]c1c([2H])c(-c2c([2H])c([2H])c3c(c2[2H])C(C([2H])([2H])[2H])(C([2H])([2H])[2H])c2c([2H])c([2H])c([2H])c([2H])c2-3)c([2H])c(-c2c([2H])c([2H])c(-c3cc(-c4ccc(-c5ccccc5)cc4)nc(-c4ccccc4)n3)c3c([2H])c([2H])c([2H])c([2H])c23)c1[2H]. The van der Waals surface area contributed by atoms with Crippen LogP contribution in [-0.2, 0) is 5.41 Å². The summed E-state index contributed by atoms with van der Waals surface area (Å²) in [6, 6.07) is 10.6. The average molecular weight is 726 g/mol. The van der Waals surface area contributed by atoms with Gasteiger partial charge >= 0.3 is 0 Å². The van der Waals surface area contributed by atoms with Gasteiger partial charge in [0.1, 0.15) is 0 Å². The quantitative estimate of drug-likeness (QED) is 0.171. The molecule has 1 aromatic heterocycles. The second-order valence-electron chi connectivity index (χ2n) is 12.8. The van der Waals surface area contributed by atoms with Crippen LogP contribution in [0.15, 0.2) is 194 Å². The number of benzene rings is 8. The lowest BCUT2D eigenvalue weighted by molar-refractivity contribution is 0.660. The molecule has 0 spiro atoms. The van der Waals surface area contributed by atoms with Crippen LogP contribution in [0.4, 0.5) is 0 Å². The van der Waals surface area contributed by atoms with E-state index in [1.807, 2.05) is 54.6 Å². The maximum atomic E-state index is 9.82. The Labute approximate surface area is 354 Å². The van der Waals surface area contributed by atoms with E-state index in [-0.39, 0.29) is 17.1 Å². The molecular formula is C53H38N2. The van der Waals surface area contributed by atoms with Gasteiger partial charge < -0.3 is 0 Å². The van der Waals surface area contributed by atoms with Crippen LogP contribution in [0.3, 0.4) is 0 Å². The van der Waals surface area contributed by atoms with E-state index in [1.54, 1.807) is 30.3 Å². The van der Waals surface area contributed by atoms with E-state index < -0.39 is 177 Å². The van der Waals surface area contributed by atoms with E-state index in [9.17, 15) is 13.7 Å². The van der Waals surface area contributed by atoms with Crippen LogP contribution < -0.4 is 0 Å². The topological polar surface area (TPSA) is 25.8 Å². The van der Waals surface area contributed by atoms with Crippen molar-refractivity contribution in [1.82, 2.24) is 9.97 Å². The van der Waals surface area contributed by atoms with Crippen molar-refractivity contribution in [3.63, 3.8) is 0 Å². The molecule has 260 valence electrons. The first-order valence-corrected chi connectivity index (χ1v) is 17.1. The summed E-state index contributed by atoms with van der Waals surface area (Å²) in [5.41, 5.74) is -7.80. The molecule has 9 aromatic rings. The van der Waals surface area contributed by atoms with Crippen molar-refractivity contribution in [1.29, 1.82) is 0 Å². The van der Waals surface area contributed by atoms with Crippen LogP contribution in [0.25, 0.3) is 89.2 Å². The van der Waals surface area contributed by atoms with Crippen molar-refractivity contribution in [2.24, 2.45) is 0 Å². The molecule has 0 fully saturated rings. The molecular weight excluding hydrogens is 665 g/mol. The molecule has 8 aromatic carbocycles. The predicted octanol–water partition coefficient (Wildman–Crippen LogP) is 13.9. The van der Waals surface area contributed by atoms with Gasteiger partial charge in [-0.2, -0.15) is 0 Å². The van der Waals surface area contributed by atoms with Gasteiger partial charge in [0.15, 0.2) is 5.82 Å². The minimum Gasteiger partial charge on any atom is -0.228 e. The van der Waals surface area contributed by atoms with Crippen LogP contribution in [0.2, 0.25) is 0 Å². The smallest absolute Gasteiger partial charge is 0.160 e. The lowest BCUT2D eigenvalue weighted by Crippen LogP contribution is -2.14. The molecule has 0 atom stereocenters. The van der Waals surface area contributed by atoms with Gasteiger partial charge in [0.25, 0.3) is 0 Å². The molecule has 0 radical (unpaired) electrons. The first kappa shape index (κ1) is 16.6. The highest BCUT2D eigenvalue weighted by atomic mass is 14.9. The highest BCUT2D eigenvalue weighted by Gasteiger charge is 2.35. The van der Waals surface area contributed by atoms with Gasteiger partial charge in [0.2, 0.25) is 0 Å². The predicted molar refractivity (Wildman–Crippen MR) is 230 cm³/mol. The third kappa shape index (κ3) is 5.75. The average Bonchev–Trinajstić information content (AvgIpc) is 3.11. The van der Waals surface area contributed by atoms with Crippen LogP contribution in [0.1, 0.15) is 56.4 Å². The second kappa shape index (κ2) is 13.2. The molecule has 10 rings (SSSR count). The number of rotatable bonds is 6. The van der Waals surface area contributed by atoms with Crippen LogP contribution in [-0.4, -0.2) is 9.97 Å². The summed E-state index contributed by atoms with van der Waals surface area (Å²) in [6.45, 7) is -7.62. The second-order valence-corrected chi connectivity index (χ2v) is 12.8. The molecule has 2 nitrogen and oxygen atoms in total. The number of hydrogen-bond acceptors (Lipinski definition) is 2. The van der Waals surface area contributed by atoms with Gasteiger partial charge in [-0.05, 0) is 84.6 Å². The summed E-state index contributed by atoms with van der Waals surface area (Å²) in [5, 5.41) is -0.973. The van der Waals surface area contributed by atoms with Gasteiger partial charge in [-0.1, -0.05) is 189 Å². The van der Waals surface area contributed by atoms with Crippen molar-refractivity contribution in [3.05, 3.63) is 205 Å². The molecule has 0 amide bonds. The molecule has 2 heteroatoms. The zero-order valence-electron chi connectivity index (χ0n) is 51.6. The number of fused-ring (bicyclic) bond motifs is 4. The van der Waals surface area contributed by atoms with E-state index in [1.165, 1.54) is 6.07 Å². The van der Waals surface area contributed by atoms with E-state index in [0.29, 0.717) is 16.8 Å². The van der Waals surface area contributed by atoms with Crippen molar-refractivity contribution in [3.8, 4) is 78.4 Å². The van der Waals surface area contributed by atoms with Crippen molar-refractivity contribution >= 4 is 10.8 Å². The van der Waals surface area contributed by atoms with Crippen molar-refractivity contribution in [2.45, 2.75) is 19.1 Å². The summed E-state index contributed by atoms with van der Waals surface area (Å²) in [4.78, 5) is 9.67. The standard InChI is InChI=1S/C53H38N2/c1-53(2)48-23-12-11-22-45(48)46-29-28-40(33-49(46)53)39-18-13-19-41(32-39)42-30-31-47(44-21-10-9-20-43(42)44)51-34-50(54-52(55-51)38-16-7-4-8-17-38)37-26-24-36(25-27-37)35-14-5-3-6-15-35/h3-34H,1-2H3/i1D3,2D3,9D,10D,11D,12D,13D,18D,19D,20D,21D,22D,23D,28D,29D,30D,31D,32D,33D. The van der Waals surface area contributed by atoms with E-state index >= 15 is 0 Å². The molecule has 0 bridgehead atoms. The Bertz CT molecular complexity index is 4050. The normalized spacial score (nSPS) is 19.1. The Morgan fingerprint density at radius 2 is 1.00 bits per heavy atom. The fourth-order valence-corrected chi connectivity index (χ4v) is 6.72. The fraction of sp³-hybridized carbons (Fsp3) is 0.0566. The molecule has 0 saturated carbocycles. The Morgan fingerprint density at radius 1 is 0.418 bits per heavy atom. The maximum Gasteiger partial charge on any atom is 0.160 e. The van der Waals surface area contributed by atoms with E-state index in [4.69, 9.17) is 27.8 Å². The summed E-state index contributed by atoms with van der Waals surface area (Å²) in [5.74, 6) is 0.124. The van der Waals surface area contributed by atoms with Gasteiger partial charge in [-0.25, -0.2) is 9.97 Å². The van der Waals surface area contributed by atoms with Gasteiger partial charge in [-0.3, -0.25) is 0 Å². The summed E-state index contributed by atoms with van der Waals surface area (Å²) in [6.07, 6.45) is 0. The fourth-order valence-electron chi connectivity index (χ4n) is 6.72. The van der Waals surface area contributed by atoms with Crippen LogP contribution >= 0.6 is 0 Å². The highest BCUT2D eigenvalue weighted by Crippen LogP contribution is 2.49. The monoisotopic (exact) mass is 725 g/mol. The Morgan fingerprint density at radius 3 is 1.78 bits per heavy atom. The molecule has 55 heavy (non-hydrogen) atoms. The minimum absolute atomic E-state index is 0.0832. The first-order chi connectivity index (χ1) is 36.6. The highest BCUT2D eigenvalue weighted by molar-refractivity contribution is 6.05. The maximum absolute atomic E-state index is 9.82. The zero-order chi connectivity index (χ0) is 56.7. The molecule has 0 saturated heterocycles. The Kier molecular flexibility index (Phi) is 3.99. The first-order valence-electron chi connectivity index (χ1n) is 28.6. The lowest BCUT2D eigenvalue weighted by atomic mass is 9.81. The summed E-state index contributed by atoms with van der Waals surface area (Å²) in [7, 11) is 0. The van der Waals surface area contributed by atoms with Crippen molar-refractivity contribution in [2.75, 3.05) is 0 Å². The third-order valence-electron chi connectivity index (χ3n) is 9.43. The van der Waals surface area contributed by atoms with Gasteiger partial charge in [0.05, 0.1) is 34.7 Å². The largest absolute Gasteiger partial charge is 0.228 e. The zero-order valence-corrected chi connectivity index (χ0v) is 28.6. The minimum atomic E-state index is -3.81. The Hall–Kier alpha value is -6.90. The van der Waals surface area contributed by atoms with Gasteiger partial charge in [0, 0.05) is 30.3 Å². The molecule has 1 heterocycles. The van der Waals surface area contributed by atoms with E-state index in [0.717, 1.165) is 11.1 Å².